The van der Waals surface area contributed by atoms with Gasteiger partial charge in [-0.1, -0.05) is 42.5 Å². The van der Waals surface area contributed by atoms with E-state index < -0.39 is 0 Å². The SMILES string of the molecule is O=C(c1ccccc1)C1CCN(C(=O)CCCc2nc3ccccc3s2)CC1. The Balaban J connectivity index is 1.23. The van der Waals surface area contributed by atoms with Gasteiger partial charge in [-0.15, -0.1) is 11.3 Å². The Hall–Kier alpha value is -2.53. The number of hydrogen-bond donors (Lipinski definition) is 0. The Morgan fingerprint density at radius 2 is 1.71 bits per heavy atom. The number of nitrogens with zero attached hydrogens (tertiary/aromatic N) is 2. The molecule has 144 valence electrons. The van der Waals surface area contributed by atoms with E-state index in [2.05, 4.69) is 11.1 Å². The van der Waals surface area contributed by atoms with Crippen LogP contribution in [0.4, 0.5) is 0 Å². The largest absolute Gasteiger partial charge is 0.343 e. The summed E-state index contributed by atoms with van der Waals surface area (Å²) in [6.45, 7) is 1.37. The third kappa shape index (κ3) is 4.30. The van der Waals surface area contributed by atoms with E-state index in [0.717, 1.165) is 41.8 Å². The maximum atomic E-state index is 12.6. The minimum Gasteiger partial charge on any atom is -0.343 e. The molecule has 1 aromatic heterocycles. The minimum atomic E-state index is 0.0363. The van der Waals surface area contributed by atoms with E-state index in [0.29, 0.717) is 19.5 Å². The van der Waals surface area contributed by atoms with Gasteiger partial charge in [-0.2, -0.15) is 0 Å². The predicted octanol–water partition coefficient (Wildman–Crippen LogP) is 4.74. The van der Waals surface area contributed by atoms with Gasteiger partial charge in [0.25, 0.3) is 0 Å². The molecule has 3 aromatic rings. The highest BCUT2D eigenvalue weighted by Gasteiger charge is 2.27. The molecule has 0 bridgehead atoms. The van der Waals surface area contributed by atoms with Crippen LogP contribution in [0.3, 0.4) is 0 Å². The summed E-state index contributed by atoms with van der Waals surface area (Å²) in [4.78, 5) is 31.7. The molecule has 0 aliphatic carbocycles. The average Bonchev–Trinajstić information content (AvgIpc) is 3.16. The van der Waals surface area contributed by atoms with Crippen molar-refractivity contribution in [3.05, 3.63) is 65.2 Å². The lowest BCUT2D eigenvalue weighted by atomic mass is 9.89. The number of fused-ring (bicyclic) bond motifs is 1. The molecule has 28 heavy (non-hydrogen) atoms. The molecule has 0 N–H and O–H groups in total. The van der Waals surface area contributed by atoms with Crippen molar-refractivity contribution in [1.82, 2.24) is 9.88 Å². The van der Waals surface area contributed by atoms with Crippen molar-refractivity contribution in [2.24, 2.45) is 5.92 Å². The van der Waals surface area contributed by atoms with Crippen LogP contribution in [-0.2, 0) is 11.2 Å². The molecule has 2 aromatic carbocycles. The van der Waals surface area contributed by atoms with Gasteiger partial charge in [0.05, 0.1) is 15.2 Å². The zero-order valence-electron chi connectivity index (χ0n) is 15.8. The zero-order chi connectivity index (χ0) is 19.3. The summed E-state index contributed by atoms with van der Waals surface area (Å²) in [7, 11) is 0. The molecular formula is C23H24N2O2S. The number of para-hydroxylation sites is 1. The van der Waals surface area contributed by atoms with Crippen molar-refractivity contribution >= 4 is 33.2 Å². The van der Waals surface area contributed by atoms with E-state index in [-0.39, 0.29) is 17.6 Å². The number of ketones is 1. The van der Waals surface area contributed by atoms with Crippen LogP contribution < -0.4 is 0 Å². The molecule has 1 saturated heterocycles. The number of benzene rings is 2. The fraction of sp³-hybridized carbons (Fsp3) is 0.348. The molecule has 1 aliphatic heterocycles. The van der Waals surface area contributed by atoms with E-state index in [1.165, 1.54) is 4.70 Å². The normalized spacial score (nSPS) is 15.1. The van der Waals surface area contributed by atoms with Gasteiger partial charge >= 0.3 is 0 Å². The summed E-state index contributed by atoms with van der Waals surface area (Å²) in [5.74, 6) is 0.449. The third-order valence-electron chi connectivity index (χ3n) is 5.40. The molecule has 4 nitrogen and oxygen atoms in total. The van der Waals surface area contributed by atoms with E-state index >= 15 is 0 Å². The minimum absolute atomic E-state index is 0.0363. The standard InChI is InChI=1S/C23H24N2O2S/c26-22(12-6-11-21-24-19-9-4-5-10-20(19)28-21)25-15-13-18(14-16-25)23(27)17-7-2-1-3-8-17/h1-5,7-10,18H,6,11-16H2. The third-order valence-corrected chi connectivity index (χ3v) is 6.49. The van der Waals surface area contributed by atoms with Crippen LogP contribution in [-0.4, -0.2) is 34.7 Å². The predicted molar refractivity (Wildman–Crippen MR) is 113 cm³/mol. The summed E-state index contributed by atoms with van der Waals surface area (Å²) in [6.07, 6.45) is 3.73. The van der Waals surface area contributed by atoms with Crippen LogP contribution in [0, 0.1) is 5.92 Å². The van der Waals surface area contributed by atoms with Gasteiger partial charge in [0.2, 0.25) is 5.91 Å². The lowest BCUT2D eigenvalue weighted by Gasteiger charge is -2.31. The molecule has 1 amide bonds. The van der Waals surface area contributed by atoms with Gasteiger partial charge in [0.15, 0.2) is 5.78 Å². The van der Waals surface area contributed by atoms with Crippen molar-refractivity contribution in [2.75, 3.05) is 13.1 Å². The van der Waals surface area contributed by atoms with Gasteiger partial charge in [-0.3, -0.25) is 9.59 Å². The lowest BCUT2D eigenvalue weighted by Crippen LogP contribution is -2.40. The number of carbonyl (C=O) groups is 2. The van der Waals surface area contributed by atoms with Crippen LogP contribution in [0.15, 0.2) is 54.6 Å². The second-order valence-corrected chi connectivity index (χ2v) is 8.43. The number of carbonyl (C=O) groups excluding carboxylic acids is 2. The number of rotatable bonds is 6. The number of aryl methyl sites for hydroxylation is 1. The number of aromatic nitrogens is 1. The topological polar surface area (TPSA) is 50.3 Å². The molecule has 0 radical (unpaired) electrons. The Morgan fingerprint density at radius 1 is 1.00 bits per heavy atom. The second-order valence-electron chi connectivity index (χ2n) is 7.31. The molecule has 0 atom stereocenters. The van der Waals surface area contributed by atoms with Crippen LogP contribution in [0.5, 0.6) is 0 Å². The quantitative estimate of drug-likeness (QED) is 0.569. The Bertz CT molecular complexity index is 926. The van der Waals surface area contributed by atoms with Crippen molar-refractivity contribution in [2.45, 2.75) is 32.1 Å². The Morgan fingerprint density at radius 3 is 2.46 bits per heavy atom. The number of piperidine rings is 1. The number of amides is 1. The molecular weight excluding hydrogens is 368 g/mol. The highest BCUT2D eigenvalue weighted by atomic mass is 32.1. The summed E-state index contributed by atoms with van der Waals surface area (Å²) in [5.41, 5.74) is 1.82. The first kappa shape index (κ1) is 18.8. The smallest absolute Gasteiger partial charge is 0.222 e. The highest BCUT2D eigenvalue weighted by Crippen LogP contribution is 2.24. The molecule has 0 spiro atoms. The summed E-state index contributed by atoms with van der Waals surface area (Å²) in [5, 5.41) is 1.10. The van der Waals surface area contributed by atoms with E-state index in [9.17, 15) is 9.59 Å². The van der Waals surface area contributed by atoms with Crippen LogP contribution in [0.2, 0.25) is 0 Å². The van der Waals surface area contributed by atoms with Crippen molar-refractivity contribution in [3.63, 3.8) is 0 Å². The monoisotopic (exact) mass is 392 g/mol. The average molecular weight is 393 g/mol. The maximum Gasteiger partial charge on any atom is 0.222 e. The van der Waals surface area contributed by atoms with Crippen LogP contribution in [0.25, 0.3) is 10.2 Å². The summed E-state index contributed by atoms with van der Waals surface area (Å²) in [6, 6.07) is 17.6. The number of likely N-dealkylation sites (tertiary alicyclic amines) is 1. The van der Waals surface area contributed by atoms with E-state index in [4.69, 9.17) is 0 Å². The fourth-order valence-electron chi connectivity index (χ4n) is 3.81. The molecule has 5 heteroatoms. The number of hydrogen-bond acceptors (Lipinski definition) is 4. The summed E-state index contributed by atoms with van der Waals surface area (Å²) >= 11 is 1.71. The molecule has 4 rings (SSSR count). The zero-order valence-corrected chi connectivity index (χ0v) is 16.7. The van der Waals surface area contributed by atoms with E-state index in [1.807, 2.05) is 53.4 Å². The van der Waals surface area contributed by atoms with Gasteiger partial charge < -0.3 is 4.90 Å². The summed E-state index contributed by atoms with van der Waals surface area (Å²) < 4.78 is 1.20. The Kier molecular flexibility index (Phi) is 5.81. The van der Waals surface area contributed by atoms with Gasteiger partial charge in [0.1, 0.15) is 0 Å². The molecule has 0 unspecified atom stereocenters. The fourth-order valence-corrected chi connectivity index (χ4v) is 4.81. The van der Waals surface area contributed by atoms with Crippen molar-refractivity contribution in [1.29, 1.82) is 0 Å². The number of Topliss-reactive ketones (excluding diaryl/α,β-unsaturated/α-hetero) is 1. The first-order valence-corrected chi connectivity index (χ1v) is 10.7. The molecule has 0 saturated carbocycles. The van der Waals surface area contributed by atoms with E-state index in [1.54, 1.807) is 11.3 Å². The van der Waals surface area contributed by atoms with Gasteiger partial charge in [0, 0.05) is 31.0 Å². The molecule has 1 aliphatic rings. The first-order valence-electron chi connectivity index (χ1n) is 9.92. The maximum absolute atomic E-state index is 12.6. The van der Waals surface area contributed by atoms with Crippen LogP contribution in [0.1, 0.15) is 41.0 Å². The van der Waals surface area contributed by atoms with Crippen LogP contribution >= 0.6 is 11.3 Å². The molecule has 1 fully saturated rings. The van der Waals surface area contributed by atoms with Crippen molar-refractivity contribution < 1.29 is 9.59 Å². The van der Waals surface area contributed by atoms with Gasteiger partial charge in [-0.25, -0.2) is 4.98 Å². The lowest BCUT2D eigenvalue weighted by molar-refractivity contribution is -0.132. The Labute approximate surface area is 169 Å². The highest BCUT2D eigenvalue weighted by molar-refractivity contribution is 7.18. The van der Waals surface area contributed by atoms with Crippen molar-refractivity contribution in [3.8, 4) is 0 Å². The molecule has 2 heterocycles. The number of thiazole rings is 1. The second kappa shape index (κ2) is 8.65. The van der Waals surface area contributed by atoms with Gasteiger partial charge in [-0.05, 0) is 37.8 Å². The first-order chi connectivity index (χ1) is 13.7.